The Hall–Kier alpha value is -4.27. The number of halogens is 3. The van der Waals surface area contributed by atoms with E-state index in [0.29, 0.717) is 28.7 Å². The van der Waals surface area contributed by atoms with E-state index in [1.807, 2.05) is 48.3 Å². The van der Waals surface area contributed by atoms with Crippen molar-refractivity contribution >= 4 is 22.1 Å². The molecular weight excluding hydrogens is 485 g/mol. The van der Waals surface area contributed by atoms with E-state index in [9.17, 15) is 13.2 Å². The summed E-state index contributed by atoms with van der Waals surface area (Å²) >= 11 is 0. The summed E-state index contributed by atoms with van der Waals surface area (Å²) < 4.78 is 62.9. The predicted octanol–water partition coefficient (Wildman–Crippen LogP) is 6.83. The van der Waals surface area contributed by atoms with Crippen molar-refractivity contribution < 1.29 is 32.1 Å². The first-order valence-electron chi connectivity index (χ1n) is 11.6. The van der Waals surface area contributed by atoms with E-state index in [0.717, 1.165) is 45.3 Å². The molecule has 1 N–H and O–H groups in total. The number of nitrogens with zero attached hydrogens (tertiary/aromatic N) is 1. The third kappa shape index (κ3) is 3.64. The van der Waals surface area contributed by atoms with Gasteiger partial charge in [0.15, 0.2) is 23.0 Å². The molecule has 2 aliphatic rings. The molecule has 2 aliphatic heterocycles. The number of hydrogen-bond acceptors (Lipinski definition) is 6. The smallest absolute Gasteiger partial charge is 0.416 e. The highest BCUT2D eigenvalue weighted by atomic mass is 19.4. The number of alkyl halides is 3. The van der Waals surface area contributed by atoms with Crippen LogP contribution in [-0.2, 0) is 6.18 Å². The molecule has 0 bridgehead atoms. The molecule has 2 heterocycles. The van der Waals surface area contributed by atoms with Crippen molar-refractivity contribution in [1.29, 1.82) is 0 Å². The zero-order chi connectivity index (χ0) is 25.9. The van der Waals surface area contributed by atoms with E-state index in [4.69, 9.17) is 18.9 Å². The monoisotopic (exact) mass is 508 g/mol. The van der Waals surface area contributed by atoms with Gasteiger partial charge in [0.05, 0.1) is 25.5 Å². The minimum Gasteiger partial charge on any atom is -0.493 e. The topological polar surface area (TPSA) is 52.2 Å². The third-order valence-electron chi connectivity index (χ3n) is 6.87. The second-order valence-corrected chi connectivity index (χ2v) is 8.89. The molecule has 0 fully saturated rings. The lowest BCUT2D eigenvalue weighted by Crippen LogP contribution is -2.34. The van der Waals surface area contributed by atoms with Gasteiger partial charge in [0, 0.05) is 29.2 Å². The van der Waals surface area contributed by atoms with Gasteiger partial charge in [-0.05, 0) is 53.4 Å². The molecule has 0 aliphatic carbocycles. The molecule has 6 nitrogen and oxygen atoms in total. The predicted molar refractivity (Wildman–Crippen MR) is 135 cm³/mol. The maximum atomic E-state index is 13.5. The van der Waals surface area contributed by atoms with Crippen LogP contribution in [0.2, 0.25) is 0 Å². The van der Waals surface area contributed by atoms with Gasteiger partial charge in [-0.25, -0.2) is 0 Å². The van der Waals surface area contributed by atoms with Crippen LogP contribution < -0.4 is 29.2 Å². The van der Waals surface area contributed by atoms with Gasteiger partial charge in [0.2, 0.25) is 6.79 Å². The molecule has 1 unspecified atom stereocenters. The van der Waals surface area contributed by atoms with Crippen molar-refractivity contribution in [2.24, 2.45) is 0 Å². The van der Waals surface area contributed by atoms with Crippen LogP contribution in [0.4, 0.5) is 24.5 Å². The average molecular weight is 508 g/mol. The Morgan fingerprint density at radius 2 is 1.68 bits per heavy atom. The van der Waals surface area contributed by atoms with Gasteiger partial charge < -0.3 is 29.2 Å². The Bertz CT molecular complexity index is 1540. The van der Waals surface area contributed by atoms with Crippen LogP contribution >= 0.6 is 0 Å². The molecule has 1 atom stereocenters. The molecule has 4 aromatic carbocycles. The number of anilines is 2. The van der Waals surface area contributed by atoms with Gasteiger partial charge in [-0.2, -0.15) is 13.2 Å². The summed E-state index contributed by atoms with van der Waals surface area (Å²) in [6.07, 6.45) is -5.03. The summed E-state index contributed by atoms with van der Waals surface area (Å²) in [7, 11) is 5.00. The van der Waals surface area contributed by atoms with Gasteiger partial charge in [0.25, 0.3) is 0 Å². The number of fused-ring (bicyclic) bond motifs is 6. The maximum absolute atomic E-state index is 13.5. The Balaban J connectivity index is 1.58. The number of ether oxygens (including phenoxy) is 4. The molecule has 0 spiro atoms. The molecular formula is C28H23F3N2O4. The summed E-state index contributed by atoms with van der Waals surface area (Å²) in [6, 6.07) is 16.9. The van der Waals surface area contributed by atoms with Crippen LogP contribution in [0.1, 0.15) is 17.3 Å². The average Bonchev–Trinajstić information content (AvgIpc) is 3.35. The highest BCUT2D eigenvalue weighted by Gasteiger charge is 2.36. The van der Waals surface area contributed by atoms with Crippen LogP contribution in [0.5, 0.6) is 23.0 Å². The maximum Gasteiger partial charge on any atom is 0.416 e. The fourth-order valence-electron chi connectivity index (χ4n) is 5.19. The highest BCUT2D eigenvalue weighted by molar-refractivity contribution is 6.06. The minimum absolute atomic E-state index is 0.156. The Labute approximate surface area is 211 Å². The van der Waals surface area contributed by atoms with Gasteiger partial charge in [-0.3, -0.25) is 0 Å². The lowest BCUT2D eigenvalue weighted by Gasteiger charge is -2.40. The van der Waals surface area contributed by atoms with Gasteiger partial charge >= 0.3 is 6.18 Å². The fourth-order valence-corrected chi connectivity index (χ4v) is 5.19. The van der Waals surface area contributed by atoms with E-state index in [1.54, 1.807) is 20.3 Å². The van der Waals surface area contributed by atoms with Crippen molar-refractivity contribution in [2.75, 3.05) is 38.3 Å². The molecule has 0 amide bonds. The second kappa shape index (κ2) is 8.40. The van der Waals surface area contributed by atoms with Crippen LogP contribution in [0.25, 0.3) is 21.9 Å². The molecule has 0 aromatic heterocycles. The fraction of sp³-hybridized carbons (Fsp3) is 0.214. The molecule has 0 saturated carbocycles. The van der Waals surface area contributed by atoms with Crippen molar-refractivity contribution in [3.8, 4) is 34.1 Å². The van der Waals surface area contributed by atoms with Crippen molar-refractivity contribution in [3.05, 3.63) is 71.8 Å². The van der Waals surface area contributed by atoms with E-state index >= 15 is 0 Å². The summed E-state index contributed by atoms with van der Waals surface area (Å²) in [5.74, 6) is 2.36. The molecule has 4 aromatic rings. The normalized spacial score (nSPS) is 15.8. The second-order valence-electron chi connectivity index (χ2n) is 8.89. The summed E-state index contributed by atoms with van der Waals surface area (Å²) in [5.41, 5.74) is 3.09. The first-order valence-corrected chi connectivity index (χ1v) is 11.6. The molecule has 0 radical (unpaired) electrons. The molecule has 0 saturated heterocycles. The largest absolute Gasteiger partial charge is 0.493 e. The molecule has 6 rings (SSSR count). The van der Waals surface area contributed by atoms with Crippen molar-refractivity contribution in [2.45, 2.75) is 12.3 Å². The SMILES string of the molecule is COc1ccc2c(c1OC)C(Nc1cccc(C(F)(F)F)c1)N(C)c1c-2ccc2cc3c(cc12)OCO3. The Kier molecular flexibility index (Phi) is 5.25. The zero-order valence-corrected chi connectivity index (χ0v) is 20.3. The van der Waals surface area contributed by atoms with Crippen molar-refractivity contribution in [3.63, 3.8) is 0 Å². The van der Waals surface area contributed by atoms with Gasteiger partial charge in [0.1, 0.15) is 6.17 Å². The van der Waals surface area contributed by atoms with Crippen LogP contribution in [0, 0.1) is 0 Å². The van der Waals surface area contributed by atoms with Crippen LogP contribution in [0.15, 0.2) is 60.7 Å². The number of rotatable bonds is 4. The lowest BCUT2D eigenvalue weighted by molar-refractivity contribution is -0.137. The molecule has 37 heavy (non-hydrogen) atoms. The first kappa shape index (κ1) is 23.1. The van der Waals surface area contributed by atoms with Crippen LogP contribution in [-0.4, -0.2) is 28.1 Å². The van der Waals surface area contributed by atoms with Crippen molar-refractivity contribution in [1.82, 2.24) is 0 Å². The van der Waals surface area contributed by atoms with Crippen LogP contribution in [0.3, 0.4) is 0 Å². The molecule has 190 valence electrons. The quantitative estimate of drug-likeness (QED) is 0.326. The van der Waals surface area contributed by atoms with E-state index in [1.165, 1.54) is 6.07 Å². The number of hydrogen-bond donors (Lipinski definition) is 1. The minimum atomic E-state index is -4.46. The van der Waals surface area contributed by atoms with Gasteiger partial charge in [-0.1, -0.05) is 18.2 Å². The van der Waals surface area contributed by atoms with E-state index in [2.05, 4.69) is 5.32 Å². The van der Waals surface area contributed by atoms with E-state index < -0.39 is 17.9 Å². The van der Waals surface area contributed by atoms with E-state index in [-0.39, 0.29) is 6.79 Å². The number of methoxy groups -OCH3 is 2. The van der Waals surface area contributed by atoms with Gasteiger partial charge in [-0.15, -0.1) is 0 Å². The standard InChI is InChI=1S/C28H23F3N2O4/c1-33-25-19(8-7-15-11-22-23(13-20(15)25)37-14-36-22)18-9-10-21(34-2)26(35-3)24(18)27(33)32-17-6-4-5-16(12-17)28(29,30)31/h4-13,27,32H,14H2,1-3H3. The first-order chi connectivity index (χ1) is 17.8. The third-order valence-corrected chi connectivity index (χ3v) is 6.87. The highest BCUT2D eigenvalue weighted by Crippen LogP contribution is 2.53. The summed E-state index contributed by atoms with van der Waals surface area (Å²) in [5, 5.41) is 5.20. The Morgan fingerprint density at radius 3 is 2.41 bits per heavy atom. The number of nitrogens with one attached hydrogen (secondary N) is 1. The Morgan fingerprint density at radius 1 is 0.919 bits per heavy atom. The number of benzene rings is 4. The summed E-state index contributed by atoms with van der Waals surface area (Å²) in [4.78, 5) is 2.00. The molecule has 9 heteroatoms. The lowest BCUT2D eigenvalue weighted by atomic mass is 9.87. The summed E-state index contributed by atoms with van der Waals surface area (Å²) in [6.45, 7) is 0.156. The zero-order valence-electron chi connectivity index (χ0n) is 20.3.